The second kappa shape index (κ2) is 12.1. The van der Waals surface area contributed by atoms with E-state index in [-0.39, 0.29) is 59.7 Å². The maximum absolute atomic E-state index is 12.6. The number of rotatable bonds is 10. The molecule has 3 aromatic rings. The molecule has 0 unspecified atom stereocenters. The molecular formula is C23H20Cl3NO7. The van der Waals surface area contributed by atoms with Gasteiger partial charge in [0, 0.05) is 28.2 Å². The Morgan fingerprint density at radius 2 is 1.82 bits per heavy atom. The van der Waals surface area contributed by atoms with E-state index in [9.17, 15) is 14.4 Å². The molecule has 0 spiro atoms. The number of nitrogens with one attached hydrogen (secondary N) is 1. The summed E-state index contributed by atoms with van der Waals surface area (Å²) in [4.78, 5) is 36.3. The first-order valence-corrected chi connectivity index (χ1v) is 11.3. The van der Waals surface area contributed by atoms with Gasteiger partial charge < -0.3 is 23.9 Å². The molecule has 0 saturated carbocycles. The zero-order valence-corrected chi connectivity index (χ0v) is 20.3. The maximum Gasteiger partial charge on any atom is 0.332 e. The highest BCUT2D eigenvalue weighted by Gasteiger charge is 2.16. The third-order valence-electron chi connectivity index (χ3n) is 4.45. The van der Waals surface area contributed by atoms with Crippen LogP contribution < -0.4 is 15.5 Å². The zero-order valence-electron chi connectivity index (χ0n) is 18.0. The van der Waals surface area contributed by atoms with Crippen LogP contribution >= 0.6 is 34.8 Å². The Morgan fingerprint density at radius 1 is 1.03 bits per heavy atom. The largest absolute Gasteiger partial charge is 0.491 e. The molecule has 1 amide bonds. The van der Waals surface area contributed by atoms with E-state index in [4.69, 9.17) is 53.4 Å². The molecule has 34 heavy (non-hydrogen) atoms. The van der Waals surface area contributed by atoms with Gasteiger partial charge in [0.2, 0.25) is 0 Å². The molecule has 1 aromatic heterocycles. The van der Waals surface area contributed by atoms with Crippen molar-refractivity contribution in [1.29, 1.82) is 0 Å². The van der Waals surface area contributed by atoms with Crippen molar-refractivity contribution in [2.75, 3.05) is 26.4 Å². The van der Waals surface area contributed by atoms with Crippen molar-refractivity contribution >= 4 is 57.6 Å². The van der Waals surface area contributed by atoms with Crippen molar-refractivity contribution < 1.29 is 28.2 Å². The number of amides is 1. The molecular weight excluding hydrogens is 509 g/mol. The summed E-state index contributed by atoms with van der Waals surface area (Å²) in [6.45, 7) is 2.15. The fourth-order valence-electron chi connectivity index (χ4n) is 2.94. The van der Waals surface area contributed by atoms with E-state index in [0.29, 0.717) is 16.3 Å². The number of carbonyl (C=O) groups is 2. The molecule has 0 saturated heterocycles. The molecule has 0 fully saturated rings. The fourth-order valence-corrected chi connectivity index (χ4v) is 3.63. The first-order valence-electron chi connectivity index (χ1n) is 10.1. The van der Waals surface area contributed by atoms with Gasteiger partial charge in [0.25, 0.3) is 5.91 Å². The third-order valence-corrected chi connectivity index (χ3v) is 5.18. The minimum absolute atomic E-state index is 0.0606. The summed E-state index contributed by atoms with van der Waals surface area (Å²) >= 11 is 18.1. The van der Waals surface area contributed by atoms with Gasteiger partial charge in [-0.2, -0.15) is 0 Å². The van der Waals surface area contributed by atoms with E-state index in [0.717, 1.165) is 6.07 Å². The maximum atomic E-state index is 12.6. The summed E-state index contributed by atoms with van der Waals surface area (Å²) in [5.41, 5.74) is 0.243. The van der Waals surface area contributed by atoms with Crippen molar-refractivity contribution in [2.24, 2.45) is 0 Å². The molecule has 0 aliphatic heterocycles. The summed E-state index contributed by atoms with van der Waals surface area (Å²) in [5, 5.41) is 3.68. The highest BCUT2D eigenvalue weighted by molar-refractivity contribution is 6.38. The van der Waals surface area contributed by atoms with Crippen molar-refractivity contribution in [3.8, 4) is 5.75 Å². The number of hydrogen-bond acceptors (Lipinski definition) is 7. The Kier molecular flexibility index (Phi) is 9.18. The van der Waals surface area contributed by atoms with E-state index >= 15 is 0 Å². The van der Waals surface area contributed by atoms with Gasteiger partial charge in [-0.25, -0.2) is 4.79 Å². The first kappa shape index (κ1) is 25.8. The molecule has 0 atom stereocenters. The smallest absolute Gasteiger partial charge is 0.332 e. The van der Waals surface area contributed by atoms with Crippen LogP contribution in [0.15, 0.2) is 45.6 Å². The highest BCUT2D eigenvalue weighted by Crippen LogP contribution is 2.27. The second-order valence-electron chi connectivity index (χ2n) is 6.88. The molecule has 0 aliphatic rings. The molecule has 8 nitrogen and oxygen atoms in total. The molecule has 0 aliphatic carbocycles. The van der Waals surface area contributed by atoms with Crippen LogP contribution in [0.25, 0.3) is 11.0 Å². The molecule has 3 rings (SSSR count). The number of ether oxygens (including phenoxy) is 3. The summed E-state index contributed by atoms with van der Waals surface area (Å²) in [6, 6.07) is 8.84. The summed E-state index contributed by atoms with van der Waals surface area (Å²) in [5.74, 6) is -0.863. The Bertz CT molecular complexity index is 1260. The van der Waals surface area contributed by atoms with E-state index < -0.39 is 17.3 Å². The number of esters is 1. The molecule has 180 valence electrons. The second-order valence-corrected chi connectivity index (χ2v) is 8.16. The molecule has 0 radical (unpaired) electrons. The summed E-state index contributed by atoms with van der Waals surface area (Å²) < 4.78 is 21.2. The number of fused-ring (bicyclic) bond motifs is 1. The van der Waals surface area contributed by atoms with E-state index in [2.05, 4.69) is 5.32 Å². The predicted octanol–water partition coefficient (Wildman–Crippen LogP) is 4.64. The van der Waals surface area contributed by atoms with Crippen LogP contribution in [0.2, 0.25) is 15.1 Å². The fraction of sp³-hybridized carbons (Fsp3) is 0.261. The average molecular weight is 529 g/mol. The predicted molar refractivity (Wildman–Crippen MR) is 128 cm³/mol. The molecule has 1 heterocycles. The first-order chi connectivity index (χ1) is 16.3. The van der Waals surface area contributed by atoms with Gasteiger partial charge in [-0.05, 0) is 31.2 Å². The van der Waals surface area contributed by atoms with Crippen LogP contribution in [-0.2, 0) is 20.8 Å². The lowest BCUT2D eigenvalue weighted by Gasteiger charge is -2.13. The number of carbonyl (C=O) groups excluding carboxylic acids is 2. The monoisotopic (exact) mass is 527 g/mol. The topological polar surface area (TPSA) is 104 Å². The Balaban J connectivity index is 1.64. The minimum atomic E-state index is -0.622. The van der Waals surface area contributed by atoms with Gasteiger partial charge in [0.15, 0.2) is 16.8 Å². The lowest BCUT2D eigenvalue weighted by atomic mass is 10.2. The standard InChI is InChI=1S/C23H20Cl3NO7/c1-2-32-21(29)12-31-5-6-33-19-9-14(24)4-3-13(19)11-27-23(30)20-10-18(28)16-7-15(25)8-17(26)22(16)34-20/h3-4,7-10H,2,5-6,11-12H2,1H3,(H,27,30). The normalized spacial score (nSPS) is 10.8. The van der Waals surface area contributed by atoms with Gasteiger partial charge in [0.1, 0.15) is 19.0 Å². The summed E-state index contributed by atoms with van der Waals surface area (Å²) in [6.07, 6.45) is 0. The quantitative estimate of drug-likeness (QED) is 0.302. The molecule has 1 N–H and O–H groups in total. The van der Waals surface area contributed by atoms with Crippen molar-refractivity contribution in [3.63, 3.8) is 0 Å². The van der Waals surface area contributed by atoms with E-state index in [1.165, 1.54) is 12.1 Å². The Morgan fingerprint density at radius 3 is 2.59 bits per heavy atom. The molecule has 0 bridgehead atoms. The van der Waals surface area contributed by atoms with Crippen LogP contribution in [0.3, 0.4) is 0 Å². The van der Waals surface area contributed by atoms with Crippen molar-refractivity contribution in [3.05, 3.63) is 73.0 Å². The van der Waals surface area contributed by atoms with Crippen LogP contribution in [0.5, 0.6) is 5.75 Å². The van der Waals surface area contributed by atoms with Crippen LogP contribution in [0.1, 0.15) is 23.0 Å². The minimum Gasteiger partial charge on any atom is -0.491 e. The van der Waals surface area contributed by atoms with E-state index in [1.807, 2.05) is 0 Å². The van der Waals surface area contributed by atoms with Gasteiger partial charge >= 0.3 is 5.97 Å². The SMILES string of the molecule is CCOC(=O)COCCOc1cc(Cl)ccc1CNC(=O)c1cc(=O)c2cc(Cl)cc(Cl)c2o1. The van der Waals surface area contributed by atoms with Crippen LogP contribution in [0.4, 0.5) is 0 Å². The van der Waals surface area contributed by atoms with Gasteiger partial charge in [0.05, 0.1) is 23.6 Å². The highest BCUT2D eigenvalue weighted by atomic mass is 35.5. The molecule has 2 aromatic carbocycles. The van der Waals surface area contributed by atoms with Crippen molar-refractivity contribution in [1.82, 2.24) is 5.32 Å². The number of hydrogen-bond donors (Lipinski definition) is 1. The number of benzene rings is 2. The van der Waals surface area contributed by atoms with Crippen LogP contribution in [0, 0.1) is 0 Å². The Hall–Kier alpha value is -2.78. The van der Waals surface area contributed by atoms with Gasteiger partial charge in [-0.3, -0.25) is 9.59 Å². The van der Waals surface area contributed by atoms with Gasteiger partial charge in [-0.15, -0.1) is 0 Å². The zero-order chi connectivity index (χ0) is 24.7. The molecule has 11 heteroatoms. The lowest BCUT2D eigenvalue weighted by molar-refractivity contribution is -0.148. The van der Waals surface area contributed by atoms with E-state index in [1.54, 1.807) is 25.1 Å². The summed E-state index contributed by atoms with van der Waals surface area (Å²) in [7, 11) is 0. The third kappa shape index (κ3) is 6.87. The average Bonchev–Trinajstić information content (AvgIpc) is 2.78. The Labute approximate surface area is 209 Å². The van der Waals surface area contributed by atoms with Gasteiger partial charge in [-0.1, -0.05) is 40.9 Å². The van der Waals surface area contributed by atoms with Crippen LogP contribution in [-0.4, -0.2) is 38.3 Å². The number of halogens is 3. The van der Waals surface area contributed by atoms with Crippen molar-refractivity contribution in [2.45, 2.75) is 13.5 Å². The lowest BCUT2D eigenvalue weighted by Crippen LogP contribution is -2.24.